The smallest absolute Gasteiger partial charge is 0.475 e. The van der Waals surface area contributed by atoms with Crippen molar-refractivity contribution < 1.29 is 27.5 Å². The van der Waals surface area contributed by atoms with Crippen molar-refractivity contribution in [2.45, 2.75) is 25.6 Å². The summed E-state index contributed by atoms with van der Waals surface area (Å²) in [6.07, 6.45) is -3.02. The summed E-state index contributed by atoms with van der Waals surface area (Å²) in [5, 5.41) is 16.3. The summed E-state index contributed by atoms with van der Waals surface area (Å²) in [7, 11) is 3.06. The second-order valence-corrected chi connectivity index (χ2v) is 10.9. The van der Waals surface area contributed by atoms with E-state index in [9.17, 15) is 22.8 Å². The van der Waals surface area contributed by atoms with E-state index in [0.29, 0.717) is 39.3 Å². The van der Waals surface area contributed by atoms with Crippen molar-refractivity contribution in [3.05, 3.63) is 55.0 Å². The van der Waals surface area contributed by atoms with Crippen molar-refractivity contribution in [2.75, 3.05) is 44.2 Å². The highest BCUT2D eigenvalue weighted by molar-refractivity contribution is 6.42. The van der Waals surface area contributed by atoms with Gasteiger partial charge in [-0.25, -0.2) is 9.59 Å². The van der Waals surface area contributed by atoms with Gasteiger partial charge in [0.2, 0.25) is 17.7 Å². The SMILES string of the molecule is Cn1c(=O)c2c(nc(N3CCN(CCCCN)CC3)n2Cc2nnc(-c3ccc(Cl)c(Cl)c3)o2)n(C)c1=O.O=C(O)C(F)(F)F. The van der Waals surface area contributed by atoms with Crippen molar-refractivity contribution in [2.24, 2.45) is 19.8 Å². The molecule has 45 heavy (non-hydrogen) atoms. The van der Waals surface area contributed by atoms with Gasteiger partial charge in [0.05, 0.1) is 10.0 Å². The lowest BCUT2D eigenvalue weighted by atomic mass is 10.2. The highest BCUT2D eigenvalue weighted by atomic mass is 35.5. The lowest BCUT2D eigenvalue weighted by molar-refractivity contribution is -0.192. The third-order valence-electron chi connectivity index (χ3n) is 7.08. The number of benzene rings is 1. The average molecular weight is 676 g/mol. The van der Waals surface area contributed by atoms with E-state index in [4.69, 9.17) is 48.2 Å². The molecule has 0 unspecified atom stereocenters. The van der Waals surface area contributed by atoms with Crippen molar-refractivity contribution in [3.8, 4) is 11.5 Å². The molecule has 19 heteroatoms. The summed E-state index contributed by atoms with van der Waals surface area (Å²) in [5.74, 6) is -1.62. The predicted molar refractivity (Wildman–Crippen MR) is 160 cm³/mol. The van der Waals surface area contributed by atoms with E-state index in [1.807, 2.05) is 0 Å². The van der Waals surface area contributed by atoms with Gasteiger partial charge in [-0.1, -0.05) is 23.2 Å². The maximum Gasteiger partial charge on any atom is 0.490 e. The van der Waals surface area contributed by atoms with Crippen LogP contribution in [-0.2, 0) is 25.4 Å². The van der Waals surface area contributed by atoms with Crippen LogP contribution in [0, 0.1) is 0 Å². The molecule has 4 aromatic rings. The van der Waals surface area contributed by atoms with Crippen LogP contribution < -0.4 is 21.9 Å². The number of aliphatic carboxylic acids is 1. The van der Waals surface area contributed by atoms with Crippen LogP contribution >= 0.6 is 23.2 Å². The van der Waals surface area contributed by atoms with Gasteiger partial charge in [0.1, 0.15) is 6.54 Å². The number of imidazole rings is 1. The Morgan fingerprint density at radius 1 is 1.04 bits per heavy atom. The molecular weight excluding hydrogens is 646 g/mol. The quantitative estimate of drug-likeness (QED) is 0.263. The molecule has 0 saturated carbocycles. The molecule has 14 nitrogen and oxygen atoms in total. The number of nitrogens with two attached hydrogens (primary N) is 1. The average Bonchev–Trinajstić information content (AvgIpc) is 3.62. The number of unbranched alkanes of at least 4 members (excludes halogenated alkanes) is 1. The van der Waals surface area contributed by atoms with E-state index in [0.717, 1.165) is 50.1 Å². The zero-order chi connectivity index (χ0) is 33.1. The number of alkyl halides is 3. The molecular formula is C26H30Cl2F3N9O5. The Kier molecular flexibility index (Phi) is 10.6. The van der Waals surface area contributed by atoms with Crippen LogP contribution in [-0.4, -0.2) is 90.3 Å². The Labute approximate surface area is 263 Å². The molecule has 1 fully saturated rings. The summed E-state index contributed by atoms with van der Waals surface area (Å²) in [4.78, 5) is 44.1. The van der Waals surface area contributed by atoms with Gasteiger partial charge in [0.25, 0.3) is 5.56 Å². The normalized spacial score (nSPS) is 14.1. The molecule has 0 atom stereocenters. The largest absolute Gasteiger partial charge is 0.490 e. The Morgan fingerprint density at radius 3 is 2.31 bits per heavy atom. The van der Waals surface area contributed by atoms with Crippen molar-refractivity contribution in [3.63, 3.8) is 0 Å². The number of nitrogens with zero attached hydrogens (tertiary/aromatic N) is 8. The Hall–Kier alpha value is -3.93. The lowest BCUT2D eigenvalue weighted by Crippen LogP contribution is -2.47. The molecule has 3 aromatic heterocycles. The van der Waals surface area contributed by atoms with Gasteiger partial charge in [-0.15, -0.1) is 10.2 Å². The van der Waals surface area contributed by atoms with Crippen molar-refractivity contribution >= 4 is 46.3 Å². The third-order valence-corrected chi connectivity index (χ3v) is 7.82. The van der Waals surface area contributed by atoms with Crippen molar-refractivity contribution in [1.82, 2.24) is 33.8 Å². The standard InChI is InChI=1S/C24H29Cl2N9O3.C2HF3O2/c1-31-20-19(22(36)32(2)24(31)37)35(23(28-20)34-11-9-33(10-12-34)8-4-3-7-27)14-18-29-30-21(38-18)15-5-6-16(25)17(26)13-15;3-2(4,5)1(6)7/h5-6,13H,3-4,7-12,14,27H2,1-2H3;(H,6,7). The number of aromatic nitrogens is 6. The fraction of sp³-hybridized carbons (Fsp3) is 0.462. The second kappa shape index (κ2) is 14.0. The molecule has 1 aliphatic heterocycles. The first kappa shape index (κ1) is 34.0. The number of halogens is 5. The molecule has 0 bridgehead atoms. The van der Waals surface area contributed by atoms with Crippen LogP contribution in [0.4, 0.5) is 19.1 Å². The Morgan fingerprint density at radius 2 is 1.71 bits per heavy atom. The molecule has 0 aliphatic carbocycles. The molecule has 1 aliphatic rings. The van der Waals surface area contributed by atoms with Gasteiger partial charge in [0, 0.05) is 45.8 Å². The number of aryl methyl sites for hydroxylation is 1. The number of carboxylic acids is 1. The highest BCUT2D eigenvalue weighted by Crippen LogP contribution is 2.29. The molecule has 4 heterocycles. The third kappa shape index (κ3) is 7.66. The summed E-state index contributed by atoms with van der Waals surface area (Å²) >= 11 is 12.2. The van der Waals surface area contributed by atoms with Crippen LogP contribution in [0.5, 0.6) is 0 Å². The summed E-state index contributed by atoms with van der Waals surface area (Å²) in [6, 6.07) is 5.05. The number of hydrogen-bond donors (Lipinski definition) is 2. The topological polar surface area (TPSA) is 171 Å². The second-order valence-electron chi connectivity index (χ2n) is 10.1. The Balaban J connectivity index is 0.000000591. The van der Waals surface area contributed by atoms with E-state index in [2.05, 4.69) is 20.0 Å². The number of rotatable bonds is 8. The minimum Gasteiger partial charge on any atom is -0.475 e. The lowest BCUT2D eigenvalue weighted by Gasteiger charge is -2.35. The first-order valence-corrected chi connectivity index (χ1v) is 14.4. The van der Waals surface area contributed by atoms with Crippen LogP contribution in [0.1, 0.15) is 18.7 Å². The highest BCUT2D eigenvalue weighted by Gasteiger charge is 2.38. The minimum absolute atomic E-state index is 0.102. The molecule has 1 saturated heterocycles. The van der Waals surface area contributed by atoms with E-state index in [1.54, 1.807) is 29.8 Å². The Bertz CT molecular complexity index is 1790. The van der Waals surface area contributed by atoms with Gasteiger partial charge >= 0.3 is 17.8 Å². The van der Waals surface area contributed by atoms with Gasteiger partial charge < -0.3 is 20.2 Å². The van der Waals surface area contributed by atoms with Crippen LogP contribution in [0.2, 0.25) is 10.0 Å². The monoisotopic (exact) mass is 675 g/mol. The van der Waals surface area contributed by atoms with Crippen LogP contribution in [0.3, 0.4) is 0 Å². The number of carboxylic acid groups (broad SMARTS) is 1. The maximum atomic E-state index is 13.3. The predicted octanol–water partition coefficient (Wildman–Crippen LogP) is 2.33. The zero-order valence-corrected chi connectivity index (χ0v) is 25.7. The van der Waals surface area contributed by atoms with E-state index < -0.39 is 23.4 Å². The van der Waals surface area contributed by atoms with Gasteiger partial charge in [-0.2, -0.15) is 18.2 Å². The maximum absolute atomic E-state index is 13.3. The van der Waals surface area contributed by atoms with Crippen molar-refractivity contribution in [1.29, 1.82) is 0 Å². The van der Waals surface area contributed by atoms with Gasteiger partial charge in [-0.3, -0.25) is 23.4 Å². The van der Waals surface area contributed by atoms with E-state index >= 15 is 0 Å². The number of piperazine rings is 1. The number of fused-ring (bicyclic) bond motifs is 1. The molecule has 3 N–H and O–H groups in total. The first-order valence-electron chi connectivity index (χ1n) is 13.6. The fourth-order valence-corrected chi connectivity index (χ4v) is 4.97. The van der Waals surface area contributed by atoms with Gasteiger partial charge in [-0.05, 0) is 44.1 Å². The molecule has 5 rings (SSSR count). The van der Waals surface area contributed by atoms with E-state index in [-0.39, 0.29) is 18.3 Å². The fourth-order valence-electron chi connectivity index (χ4n) is 4.68. The summed E-state index contributed by atoms with van der Waals surface area (Å²) < 4.78 is 41.9. The number of carbonyl (C=O) groups is 1. The summed E-state index contributed by atoms with van der Waals surface area (Å²) in [6.45, 7) is 4.94. The van der Waals surface area contributed by atoms with Crippen LogP contribution in [0.15, 0.2) is 32.2 Å². The molecule has 0 amide bonds. The molecule has 1 aromatic carbocycles. The molecule has 0 spiro atoms. The van der Waals surface area contributed by atoms with Gasteiger partial charge in [0.15, 0.2) is 11.2 Å². The molecule has 0 radical (unpaired) electrons. The van der Waals surface area contributed by atoms with Crippen LogP contribution in [0.25, 0.3) is 22.6 Å². The first-order chi connectivity index (χ1) is 21.2. The summed E-state index contributed by atoms with van der Waals surface area (Å²) in [5.41, 5.74) is 5.98. The minimum atomic E-state index is -5.08. The number of anilines is 1. The number of hydrogen-bond acceptors (Lipinski definition) is 10. The van der Waals surface area contributed by atoms with E-state index in [1.165, 1.54) is 11.6 Å². The molecule has 244 valence electrons. The zero-order valence-electron chi connectivity index (χ0n) is 24.2.